The second-order valence-electron chi connectivity index (χ2n) is 16.0. The van der Waals surface area contributed by atoms with Gasteiger partial charge in [0.1, 0.15) is 5.58 Å². The van der Waals surface area contributed by atoms with E-state index in [0.29, 0.717) is 0 Å². The van der Waals surface area contributed by atoms with Crippen molar-refractivity contribution < 1.29 is 4.42 Å². The average molecular weight is 778 g/mol. The van der Waals surface area contributed by atoms with Gasteiger partial charge in [-0.1, -0.05) is 200 Å². The third kappa shape index (κ3) is 5.43. The van der Waals surface area contributed by atoms with Crippen molar-refractivity contribution in [1.82, 2.24) is 0 Å². The van der Waals surface area contributed by atoms with E-state index in [1.165, 1.54) is 55.3 Å². The number of anilines is 3. The molecule has 0 fully saturated rings. The Kier molecular flexibility index (Phi) is 8.11. The number of benzene rings is 10. The largest absolute Gasteiger partial charge is 0.453 e. The zero-order valence-corrected chi connectivity index (χ0v) is 33.4. The molecule has 0 radical (unpaired) electrons. The molecule has 1 aliphatic rings. The van der Waals surface area contributed by atoms with Crippen molar-refractivity contribution in [2.24, 2.45) is 0 Å². The van der Waals surface area contributed by atoms with Crippen LogP contribution >= 0.6 is 0 Å². The quantitative estimate of drug-likeness (QED) is 0.160. The predicted octanol–water partition coefficient (Wildman–Crippen LogP) is 15.9. The Morgan fingerprint density at radius 2 is 0.852 bits per heavy atom. The molecule has 1 aromatic heterocycles. The van der Waals surface area contributed by atoms with E-state index in [4.69, 9.17) is 4.42 Å². The summed E-state index contributed by atoms with van der Waals surface area (Å²) in [6.07, 6.45) is 0. The number of furan rings is 1. The van der Waals surface area contributed by atoms with Gasteiger partial charge < -0.3 is 9.32 Å². The Labute approximate surface area is 355 Å². The molecule has 0 N–H and O–H groups in total. The Hall–Kier alpha value is -7.94. The first-order valence-electron chi connectivity index (χ1n) is 21.0. The van der Waals surface area contributed by atoms with Gasteiger partial charge in [0, 0.05) is 27.7 Å². The highest BCUT2D eigenvalue weighted by atomic mass is 16.3. The van der Waals surface area contributed by atoms with Gasteiger partial charge in [0.2, 0.25) is 0 Å². The summed E-state index contributed by atoms with van der Waals surface area (Å²) in [7, 11) is 0. The monoisotopic (exact) mass is 777 g/mol. The zero-order valence-electron chi connectivity index (χ0n) is 33.4. The van der Waals surface area contributed by atoms with Gasteiger partial charge in [-0.25, -0.2) is 0 Å². The normalized spacial score (nSPS) is 12.7. The lowest BCUT2D eigenvalue weighted by Crippen LogP contribution is -2.28. The molecule has 0 unspecified atom stereocenters. The van der Waals surface area contributed by atoms with Crippen LogP contribution in [0.15, 0.2) is 241 Å². The van der Waals surface area contributed by atoms with Crippen molar-refractivity contribution in [3.05, 3.63) is 259 Å². The van der Waals surface area contributed by atoms with Crippen molar-refractivity contribution in [2.75, 3.05) is 4.90 Å². The van der Waals surface area contributed by atoms with Crippen LogP contribution in [0, 0.1) is 0 Å². The highest BCUT2D eigenvalue weighted by Crippen LogP contribution is 2.56. The van der Waals surface area contributed by atoms with Crippen molar-refractivity contribution in [1.29, 1.82) is 0 Å². The number of fused-ring (bicyclic) bond motifs is 8. The third-order valence-corrected chi connectivity index (χ3v) is 12.7. The lowest BCUT2D eigenvalue weighted by molar-refractivity contribution is 0.670. The summed E-state index contributed by atoms with van der Waals surface area (Å²) >= 11 is 0. The fraction of sp³-hybridized carbons (Fsp3) is 0.0169. The molecule has 12 rings (SSSR count). The van der Waals surface area contributed by atoms with Crippen LogP contribution < -0.4 is 4.90 Å². The summed E-state index contributed by atoms with van der Waals surface area (Å²) in [5.41, 5.74) is 16.5. The van der Waals surface area contributed by atoms with Gasteiger partial charge in [0.15, 0.2) is 5.58 Å². The van der Waals surface area contributed by atoms with Crippen LogP contribution in [-0.4, -0.2) is 0 Å². The molecule has 2 nitrogen and oxygen atoms in total. The fourth-order valence-corrected chi connectivity index (χ4v) is 10.1. The van der Waals surface area contributed by atoms with Crippen LogP contribution in [0.4, 0.5) is 17.1 Å². The van der Waals surface area contributed by atoms with Gasteiger partial charge in [0.05, 0.1) is 11.1 Å². The first kappa shape index (κ1) is 35.0. The Morgan fingerprint density at radius 1 is 0.344 bits per heavy atom. The van der Waals surface area contributed by atoms with E-state index in [1.807, 2.05) is 0 Å². The minimum Gasteiger partial charge on any atom is -0.453 e. The van der Waals surface area contributed by atoms with Crippen molar-refractivity contribution in [3.63, 3.8) is 0 Å². The van der Waals surface area contributed by atoms with Gasteiger partial charge in [-0.3, -0.25) is 0 Å². The molecule has 286 valence electrons. The summed E-state index contributed by atoms with van der Waals surface area (Å²) < 4.78 is 7.21. The number of para-hydroxylation sites is 1. The van der Waals surface area contributed by atoms with Crippen LogP contribution in [0.1, 0.15) is 22.3 Å². The molecule has 1 aliphatic carbocycles. The van der Waals surface area contributed by atoms with Crippen molar-refractivity contribution >= 4 is 49.8 Å². The Bertz CT molecular complexity index is 3340. The van der Waals surface area contributed by atoms with Crippen LogP contribution in [0.25, 0.3) is 66.1 Å². The first-order valence-corrected chi connectivity index (χ1v) is 21.0. The van der Waals surface area contributed by atoms with Gasteiger partial charge >= 0.3 is 0 Å². The molecule has 0 saturated carbocycles. The maximum atomic E-state index is 7.21. The van der Waals surface area contributed by atoms with Crippen LogP contribution in [0.5, 0.6) is 0 Å². The third-order valence-electron chi connectivity index (χ3n) is 12.7. The second kappa shape index (κ2) is 14.1. The van der Waals surface area contributed by atoms with Gasteiger partial charge in [0.25, 0.3) is 0 Å². The SMILES string of the molecule is c1ccc(-c2ccc(N(c3ccc(C4(c5ccccc5)c5ccccc5-c5ccccc54)cc3)c3cccc4c3oc3c(-c5ccccc5)cc5ccccc5c34)cc2)cc1. The molecule has 61 heavy (non-hydrogen) atoms. The maximum Gasteiger partial charge on any atom is 0.159 e. The number of nitrogens with zero attached hydrogens (tertiary/aromatic N) is 1. The summed E-state index contributed by atoms with van der Waals surface area (Å²) in [6.45, 7) is 0. The van der Waals surface area contributed by atoms with E-state index in [-0.39, 0.29) is 0 Å². The lowest BCUT2D eigenvalue weighted by Gasteiger charge is -2.34. The van der Waals surface area contributed by atoms with Gasteiger partial charge in [-0.15, -0.1) is 0 Å². The summed E-state index contributed by atoms with van der Waals surface area (Å²) in [5.74, 6) is 0. The average Bonchev–Trinajstić information content (AvgIpc) is 3.88. The minimum atomic E-state index is -0.483. The minimum absolute atomic E-state index is 0.483. The Balaban J connectivity index is 1.09. The van der Waals surface area contributed by atoms with E-state index in [2.05, 4.69) is 241 Å². The number of hydrogen-bond donors (Lipinski definition) is 0. The van der Waals surface area contributed by atoms with Crippen molar-refractivity contribution in [3.8, 4) is 33.4 Å². The molecule has 11 aromatic rings. The van der Waals surface area contributed by atoms with E-state index in [0.717, 1.165) is 50.1 Å². The summed E-state index contributed by atoms with van der Waals surface area (Å²) in [6, 6.07) is 85.7. The standard InChI is InChI=1S/C59H39NO/c1-4-17-40(18-5-1)41-31-35-46(36-32-41)60(55-30-16-27-51-56-48-24-11-10-21-43(48)39-52(58(56)61-57(51)55)42-19-6-2-7-20-42)47-37-33-45(34-38-47)59(44-22-8-3-9-23-44)53-28-14-12-25-49(53)50-26-13-15-29-54(50)59/h1-39H. The highest BCUT2D eigenvalue weighted by molar-refractivity contribution is 6.24. The van der Waals surface area contributed by atoms with E-state index in [9.17, 15) is 0 Å². The second-order valence-corrected chi connectivity index (χ2v) is 16.0. The molecular weight excluding hydrogens is 739 g/mol. The fourth-order valence-electron chi connectivity index (χ4n) is 10.1. The molecule has 0 spiro atoms. The molecule has 10 aromatic carbocycles. The molecule has 2 heteroatoms. The molecule has 0 amide bonds. The maximum absolute atomic E-state index is 7.21. The zero-order chi connectivity index (χ0) is 40.3. The number of hydrogen-bond acceptors (Lipinski definition) is 2. The lowest BCUT2D eigenvalue weighted by atomic mass is 9.68. The number of rotatable bonds is 7. The molecule has 0 bridgehead atoms. The van der Waals surface area contributed by atoms with E-state index in [1.54, 1.807) is 0 Å². The highest BCUT2D eigenvalue weighted by Gasteiger charge is 2.45. The first-order chi connectivity index (χ1) is 30.3. The summed E-state index contributed by atoms with van der Waals surface area (Å²) in [4.78, 5) is 2.36. The molecule has 0 atom stereocenters. The smallest absolute Gasteiger partial charge is 0.159 e. The summed E-state index contributed by atoms with van der Waals surface area (Å²) in [5, 5.41) is 4.59. The molecule has 0 saturated heterocycles. The van der Waals surface area contributed by atoms with Crippen molar-refractivity contribution in [2.45, 2.75) is 5.41 Å². The van der Waals surface area contributed by atoms with Crippen LogP contribution in [0.2, 0.25) is 0 Å². The molecular formula is C59H39NO. The Morgan fingerprint density at radius 3 is 1.52 bits per heavy atom. The molecule has 0 aliphatic heterocycles. The van der Waals surface area contributed by atoms with E-state index < -0.39 is 5.41 Å². The van der Waals surface area contributed by atoms with E-state index >= 15 is 0 Å². The van der Waals surface area contributed by atoms with Gasteiger partial charge in [-0.2, -0.15) is 0 Å². The predicted molar refractivity (Wildman–Crippen MR) is 254 cm³/mol. The van der Waals surface area contributed by atoms with Gasteiger partial charge in [-0.05, 0) is 97.2 Å². The topological polar surface area (TPSA) is 16.4 Å². The van der Waals surface area contributed by atoms with Crippen LogP contribution in [-0.2, 0) is 5.41 Å². The van der Waals surface area contributed by atoms with Crippen LogP contribution in [0.3, 0.4) is 0 Å². The molecule has 1 heterocycles.